The number of hydrogen-bond acceptors (Lipinski definition) is 4. The van der Waals surface area contributed by atoms with Gasteiger partial charge in [-0.3, -0.25) is 9.59 Å². The van der Waals surface area contributed by atoms with Gasteiger partial charge in [0.15, 0.2) is 5.78 Å². The first-order chi connectivity index (χ1) is 10.2. The second-order valence-corrected chi connectivity index (χ2v) is 4.79. The normalized spacial score (nSPS) is 15.2. The van der Waals surface area contributed by atoms with Crippen LogP contribution >= 0.6 is 0 Å². The van der Waals surface area contributed by atoms with Crippen molar-refractivity contribution in [1.29, 1.82) is 0 Å². The Labute approximate surface area is 124 Å². The van der Waals surface area contributed by atoms with Crippen LogP contribution in [-0.4, -0.2) is 44.5 Å². The lowest BCUT2D eigenvalue weighted by Gasteiger charge is -2.28. The highest BCUT2D eigenvalue weighted by Gasteiger charge is 2.12. The molecule has 1 aliphatic rings. The molecular weight excluding hydrogens is 268 g/mol. The van der Waals surface area contributed by atoms with Gasteiger partial charge in [-0.15, -0.1) is 0 Å². The lowest BCUT2D eigenvalue weighted by molar-refractivity contribution is -0.116. The highest BCUT2D eigenvalue weighted by atomic mass is 16.5. The van der Waals surface area contributed by atoms with E-state index in [1.807, 2.05) is 12.1 Å². The molecule has 5 heteroatoms. The topological polar surface area (TPSA) is 58.6 Å². The molecule has 1 aromatic carbocycles. The van der Waals surface area contributed by atoms with E-state index >= 15 is 0 Å². The molecule has 1 aliphatic heterocycles. The fraction of sp³-hybridized carbons (Fsp3) is 0.375. The average Bonchev–Trinajstić information content (AvgIpc) is 2.54. The molecule has 5 nitrogen and oxygen atoms in total. The fourth-order valence-electron chi connectivity index (χ4n) is 2.16. The lowest BCUT2D eigenvalue weighted by Crippen LogP contribution is -2.36. The Morgan fingerprint density at radius 3 is 2.52 bits per heavy atom. The minimum absolute atomic E-state index is 0.0140. The van der Waals surface area contributed by atoms with Crippen molar-refractivity contribution in [2.24, 2.45) is 0 Å². The van der Waals surface area contributed by atoms with Crippen LogP contribution in [0.4, 0.5) is 5.69 Å². The van der Waals surface area contributed by atoms with Gasteiger partial charge in [0, 0.05) is 24.3 Å². The van der Waals surface area contributed by atoms with E-state index in [9.17, 15) is 9.59 Å². The number of nitrogens with zero attached hydrogens (tertiary/aromatic N) is 1. The molecule has 1 heterocycles. The van der Waals surface area contributed by atoms with Crippen LogP contribution in [0.25, 0.3) is 0 Å². The zero-order chi connectivity index (χ0) is 15.1. The molecule has 2 rings (SSSR count). The number of hydrogen-bond donors (Lipinski definition) is 1. The molecule has 0 saturated carbocycles. The van der Waals surface area contributed by atoms with Crippen LogP contribution in [0.2, 0.25) is 0 Å². The molecule has 1 amide bonds. The predicted molar refractivity (Wildman–Crippen MR) is 81.6 cm³/mol. The molecule has 112 valence electrons. The summed E-state index contributed by atoms with van der Waals surface area (Å²) in [5.41, 5.74) is 1.69. The number of benzene rings is 1. The summed E-state index contributed by atoms with van der Waals surface area (Å²) < 4.78 is 5.32. The number of allylic oxidation sites excluding steroid dienone is 1. The number of carbonyl (C=O) groups excluding carboxylic acids is 2. The van der Waals surface area contributed by atoms with Gasteiger partial charge in [-0.25, -0.2) is 0 Å². The minimum atomic E-state index is -0.254. The molecule has 0 atom stereocenters. The Kier molecular flexibility index (Phi) is 5.51. The smallest absolute Gasteiger partial charge is 0.244 e. The standard InChI is InChI=1S/C16H20N2O3/c1-2-3-16(20)17-12-15(19)13-4-6-14(7-5-13)18-8-10-21-11-9-18/h2-7H,8-12H2,1H3,(H,17,20)/b3-2+. The zero-order valence-electron chi connectivity index (χ0n) is 12.2. The van der Waals surface area contributed by atoms with Crippen LogP contribution < -0.4 is 10.2 Å². The summed E-state index contributed by atoms with van der Waals surface area (Å²) in [6.07, 6.45) is 3.03. The number of Topliss-reactive ketones (excluding diaryl/α,β-unsaturated/α-hetero) is 1. The maximum atomic E-state index is 12.0. The van der Waals surface area contributed by atoms with Gasteiger partial charge in [0.2, 0.25) is 5.91 Å². The largest absolute Gasteiger partial charge is 0.378 e. The Balaban J connectivity index is 1.91. The summed E-state index contributed by atoms with van der Waals surface area (Å²) in [6.45, 7) is 4.97. The molecule has 0 spiro atoms. The lowest BCUT2D eigenvalue weighted by atomic mass is 10.1. The van der Waals surface area contributed by atoms with E-state index in [0.717, 1.165) is 32.0 Å². The number of amides is 1. The third kappa shape index (κ3) is 4.43. The Morgan fingerprint density at radius 2 is 1.90 bits per heavy atom. The second kappa shape index (κ2) is 7.59. The highest BCUT2D eigenvalue weighted by Crippen LogP contribution is 2.16. The monoisotopic (exact) mass is 288 g/mol. The number of carbonyl (C=O) groups is 2. The Morgan fingerprint density at radius 1 is 1.24 bits per heavy atom. The van der Waals surface area contributed by atoms with Crippen molar-refractivity contribution in [2.45, 2.75) is 6.92 Å². The molecule has 0 radical (unpaired) electrons. The second-order valence-electron chi connectivity index (χ2n) is 4.79. The third-order valence-electron chi connectivity index (χ3n) is 3.31. The van der Waals surface area contributed by atoms with E-state index in [-0.39, 0.29) is 18.2 Å². The van der Waals surface area contributed by atoms with E-state index < -0.39 is 0 Å². The van der Waals surface area contributed by atoms with Crippen molar-refractivity contribution >= 4 is 17.4 Å². The van der Waals surface area contributed by atoms with E-state index in [1.54, 1.807) is 25.1 Å². The van der Waals surface area contributed by atoms with Crippen LogP contribution in [-0.2, 0) is 9.53 Å². The molecule has 1 N–H and O–H groups in total. The van der Waals surface area contributed by atoms with Gasteiger partial charge in [-0.05, 0) is 37.3 Å². The summed E-state index contributed by atoms with van der Waals surface area (Å²) in [4.78, 5) is 25.5. The van der Waals surface area contributed by atoms with Crippen LogP contribution in [0.15, 0.2) is 36.4 Å². The average molecular weight is 288 g/mol. The number of rotatable bonds is 5. The molecule has 0 unspecified atom stereocenters. The van der Waals surface area contributed by atoms with Crippen LogP contribution in [0.5, 0.6) is 0 Å². The molecule has 1 saturated heterocycles. The molecule has 0 aromatic heterocycles. The quantitative estimate of drug-likeness (QED) is 0.657. The van der Waals surface area contributed by atoms with Gasteiger partial charge < -0.3 is 15.0 Å². The van der Waals surface area contributed by atoms with Crippen LogP contribution in [0.1, 0.15) is 17.3 Å². The number of ketones is 1. The molecule has 1 fully saturated rings. The fourth-order valence-corrected chi connectivity index (χ4v) is 2.16. The first-order valence-electron chi connectivity index (χ1n) is 7.07. The number of ether oxygens (including phenoxy) is 1. The zero-order valence-corrected chi connectivity index (χ0v) is 12.2. The van der Waals surface area contributed by atoms with Gasteiger partial charge in [0.25, 0.3) is 0 Å². The molecule has 0 bridgehead atoms. The first kappa shape index (κ1) is 15.3. The number of anilines is 1. The molecule has 1 aromatic rings. The third-order valence-corrected chi connectivity index (χ3v) is 3.31. The van der Waals surface area contributed by atoms with Crippen LogP contribution in [0.3, 0.4) is 0 Å². The van der Waals surface area contributed by atoms with Crippen molar-refractivity contribution in [2.75, 3.05) is 37.7 Å². The predicted octanol–water partition coefficient (Wildman–Crippen LogP) is 1.40. The van der Waals surface area contributed by atoms with Gasteiger partial charge in [0.1, 0.15) is 0 Å². The maximum absolute atomic E-state index is 12.0. The van der Waals surface area contributed by atoms with Gasteiger partial charge in [0.05, 0.1) is 19.8 Å². The van der Waals surface area contributed by atoms with E-state index in [4.69, 9.17) is 4.74 Å². The number of nitrogens with one attached hydrogen (secondary N) is 1. The molecule has 21 heavy (non-hydrogen) atoms. The highest BCUT2D eigenvalue weighted by molar-refractivity contribution is 6.00. The van der Waals surface area contributed by atoms with Crippen molar-refractivity contribution < 1.29 is 14.3 Å². The van der Waals surface area contributed by atoms with Crippen molar-refractivity contribution in [3.63, 3.8) is 0 Å². The van der Waals surface area contributed by atoms with Gasteiger partial charge >= 0.3 is 0 Å². The van der Waals surface area contributed by atoms with E-state index in [1.165, 1.54) is 6.08 Å². The van der Waals surface area contributed by atoms with Gasteiger partial charge in [-0.1, -0.05) is 6.08 Å². The summed E-state index contributed by atoms with van der Waals surface area (Å²) in [6, 6.07) is 7.47. The summed E-state index contributed by atoms with van der Waals surface area (Å²) in [7, 11) is 0. The summed E-state index contributed by atoms with van der Waals surface area (Å²) in [5.74, 6) is -0.350. The van der Waals surface area contributed by atoms with E-state index in [0.29, 0.717) is 5.56 Å². The Hall–Kier alpha value is -2.14. The molecule has 0 aliphatic carbocycles. The summed E-state index contributed by atoms with van der Waals surface area (Å²) in [5, 5.41) is 2.56. The summed E-state index contributed by atoms with van der Waals surface area (Å²) >= 11 is 0. The van der Waals surface area contributed by atoms with Crippen molar-refractivity contribution in [3.8, 4) is 0 Å². The van der Waals surface area contributed by atoms with Crippen LogP contribution in [0, 0.1) is 0 Å². The van der Waals surface area contributed by atoms with Crippen molar-refractivity contribution in [1.82, 2.24) is 5.32 Å². The van der Waals surface area contributed by atoms with E-state index in [2.05, 4.69) is 10.2 Å². The van der Waals surface area contributed by atoms with Crippen molar-refractivity contribution in [3.05, 3.63) is 42.0 Å². The number of morpholine rings is 1. The Bertz CT molecular complexity index is 517. The SMILES string of the molecule is C/C=C/C(=O)NCC(=O)c1ccc(N2CCOCC2)cc1. The minimum Gasteiger partial charge on any atom is -0.378 e. The first-order valence-corrected chi connectivity index (χ1v) is 7.07. The maximum Gasteiger partial charge on any atom is 0.244 e. The molecular formula is C16H20N2O3. The van der Waals surface area contributed by atoms with Gasteiger partial charge in [-0.2, -0.15) is 0 Å².